The molecule has 6 nitrogen and oxygen atoms in total. The molecule has 0 saturated carbocycles. The molecule has 140 valence electrons. The zero-order valence-electron chi connectivity index (χ0n) is 15.5. The molecule has 0 fully saturated rings. The number of nitrogens with two attached hydrogens (primary N) is 1. The number of carbonyl (C=O) groups excluding carboxylic acids is 1. The zero-order chi connectivity index (χ0) is 19.6. The summed E-state index contributed by atoms with van der Waals surface area (Å²) in [6, 6.07) is 5.99. The normalized spacial score (nSPS) is 11.3. The minimum Gasteiger partial charge on any atom is -0.497 e. The van der Waals surface area contributed by atoms with Crippen molar-refractivity contribution in [3.63, 3.8) is 0 Å². The number of benzene rings is 2. The van der Waals surface area contributed by atoms with Gasteiger partial charge in [0.1, 0.15) is 5.75 Å². The van der Waals surface area contributed by atoms with E-state index in [-0.39, 0.29) is 15.4 Å². The number of esters is 1. The lowest BCUT2D eigenvalue weighted by Crippen LogP contribution is -2.18. The van der Waals surface area contributed by atoms with E-state index in [9.17, 15) is 13.2 Å². The molecule has 0 aromatic heterocycles. The Bertz CT molecular complexity index is 947. The highest BCUT2D eigenvalue weighted by atomic mass is 32.2. The molecule has 7 heteroatoms. The van der Waals surface area contributed by atoms with Crippen molar-refractivity contribution < 1.29 is 22.7 Å². The van der Waals surface area contributed by atoms with Gasteiger partial charge in [0, 0.05) is 5.69 Å². The Labute approximate surface area is 153 Å². The Morgan fingerprint density at radius 2 is 1.65 bits per heavy atom. The highest BCUT2D eigenvalue weighted by Crippen LogP contribution is 2.36. The van der Waals surface area contributed by atoms with Gasteiger partial charge in [0.2, 0.25) is 9.84 Å². The lowest BCUT2D eigenvalue weighted by molar-refractivity contribution is 0.0594. The van der Waals surface area contributed by atoms with Gasteiger partial charge in [-0.1, -0.05) is 6.92 Å². The van der Waals surface area contributed by atoms with Crippen molar-refractivity contribution in [2.45, 2.75) is 37.0 Å². The predicted molar refractivity (Wildman–Crippen MR) is 99.5 cm³/mol. The minimum absolute atomic E-state index is 0.0509. The molecule has 0 aliphatic heterocycles. The fourth-order valence-corrected chi connectivity index (χ4v) is 4.77. The van der Waals surface area contributed by atoms with Crippen LogP contribution in [0.15, 0.2) is 34.1 Å². The topological polar surface area (TPSA) is 95.7 Å². The van der Waals surface area contributed by atoms with Crippen molar-refractivity contribution in [1.29, 1.82) is 0 Å². The van der Waals surface area contributed by atoms with E-state index in [0.717, 1.165) is 0 Å². The molecule has 0 atom stereocenters. The number of ether oxygens (including phenoxy) is 2. The first-order chi connectivity index (χ1) is 12.2. The van der Waals surface area contributed by atoms with Crippen molar-refractivity contribution in [2.24, 2.45) is 0 Å². The van der Waals surface area contributed by atoms with E-state index in [0.29, 0.717) is 34.5 Å². The molecule has 2 aromatic carbocycles. The molecule has 2 aromatic rings. The van der Waals surface area contributed by atoms with Crippen LogP contribution in [0.3, 0.4) is 0 Å². The van der Waals surface area contributed by atoms with Crippen LogP contribution in [0.5, 0.6) is 5.75 Å². The molecule has 0 heterocycles. The molecule has 0 spiro atoms. The average Bonchev–Trinajstić information content (AvgIpc) is 2.64. The quantitative estimate of drug-likeness (QED) is 0.635. The Morgan fingerprint density at radius 3 is 2.12 bits per heavy atom. The molecule has 0 saturated heterocycles. The largest absolute Gasteiger partial charge is 0.497 e. The Kier molecular flexibility index (Phi) is 5.61. The lowest BCUT2D eigenvalue weighted by Gasteiger charge is -2.20. The van der Waals surface area contributed by atoms with Gasteiger partial charge in [-0.15, -0.1) is 0 Å². The Hall–Kier alpha value is -2.54. The molecule has 0 unspecified atom stereocenters. The smallest absolute Gasteiger partial charge is 0.339 e. The molecule has 0 aliphatic rings. The van der Waals surface area contributed by atoms with E-state index in [4.69, 9.17) is 15.2 Å². The van der Waals surface area contributed by atoms with E-state index in [1.165, 1.54) is 26.4 Å². The van der Waals surface area contributed by atoms with Gasteiger partial charge in [-0.25, -0.2) is 13.2 Å². The van der Waals surface area contributed by atoms with Crippen molar-refractivity contribution in [1.82, 2.24) is 0 Å². The molecule has 2 N–H and O–H groups in total. The van der Waals surface area contributed by atoms with Crippen LogP contribution in [-0.4, -0.2) is 28.6 Å². The van der Waals surface area contributed by atoms with E-state index in [1.54, 1.807) is 26.0 Å². The van der Waals surface area contributed by atoms with E-state index in [2.05, 4.69) is 0 Å². The summed E-state index contributed by atoms with van der Waals surface area (Å²) in [7, 11) is -1.26. The number of anilines is 1. The van der Waals surface area contributed by atoms with Crippen LogP contribution in [0.4, 0.5) is 5.69 Å². The maximum absolute atomic E-state index is 13.3. The first kappa shape index (κ1) is 19.8. The van der Waals surface area contributed by atoms with Gasteiger partial charge in [-0.05, 0) is 61.2 Å². The van der Waals surface area contributed by atoms with Gasteiger partial charge in [0.25, 0.3) is 0 Å². The number of methoxy groups -OCH3 is 2. The molecular formula is C19H23NO5S. The van der Waals surface area contributed by atoms with Crippen molar-refractivity contribution in [3.05, 3.63) is 46.5 Å². The predicted octanol–water partition coefficient (Wildman–Crippen LogP) is 3.08. The number of rotatable bonds is 5. The second-order valence-corrected chi connectivity index (χ2v) is 7.76. The third-order valence-electron chi connectivity index (χ3n) is 4.51. The molecule has 0 bridgehead atoms. The van der Waals surface area contributed by atoms with Gasteiger partial charge in [0.15, 0.2) is 0 Å². The van der Waals surface area contributed by atoms with Crippen LogP contribution in [0.2, 0.25) is 0 Å². The highest BCUT2D eigenvalue weighted by molar-refractivity contribution is 7.91. The first-order valence-corrected chi connectivity index (χ1v) is 9.57. The Balaban J connectivity index is 2.89. The van der Waals surface area contributed by atoms with Gasteiger partial charge < -0.3 is 15.2 Å². The van der Waals surface area contributed by atoms with Gasteiger partial charge in [0.05, 0.1) is 29.6 Å². The Morgan fingerprint density at radius 1 is 1.08 bits per heavy atom. The summed E-state index contributed by atoms with van der Waals surface area (Å²) in [4.78, 5) is 12.4. The number of carbonyl (C=O) groups is 1. The van der Waals surface area contributed by atoms with Gasteiger partial charge >= 0.3 is 5.97 Å². The minimum atomic E-state index is -3.99. The maximum atomic E-state index is 13.3. The second kappa shape index (κ2) is 7.37. The fourth-order valence-electron chi connectivity index (χ4n) is 3.05. The van der Waals surface area contributed by atoms with Crippen molar-refractivity contribution in [2.75, 3.05) is 20.0 Å². The highest BCUT2D eigenvalue weighted by Gasteiger charge is 2.32. The summed E-state index contributed by atoms with van der Waals surface area (Å²) in [5, 5.41) is 0. The molecular weight excluding hydrogens is 354 g/mol. The van der Waals surface area contributed by atoms with Crippen LogP contribution in [0, 0.1) is 13.8 Å². The number of nitrogen functional groups attached to an aromatic ring is 1. The van der Waals surface area contributed by atoms with Gasteiger partial charge in [-0.2, -0.15) is 0 Å². The number of hydrogen-bond acceptors (Lipinski definition) is 6. The summed E-state index contributed by atoms with van der Waals surface area (Å²) in [6.07, 6.45) is 0.450. The SMILES string of the molecule is CCc1c(C)c(N)c(C)c(S(=O)(=O)c2ccc(OC)cc2)c1C(=O)OC. The summed E-state index contributed by atoms with van der Waals surface area (Å²) < 4.78 is 36.6. The lowest BCUT2D eigenvalue weighted by atomic mass is 9.94. The van der Waals surface area contributed by atoms with Crippen LogP contribution in [0.1, 0.15) is 34.0 Å². The molecule has 26 heavy (non-hydrogen) atoms. The zero-order valence-corrected chi connectivity index (χ0v) is 16.4. The van der Waals surface area contributed by atoms with Gasteiger partial charge in [-0.3, -0.25) is 0 Å². The number of sulfone groups is 1. The molecule has 2 rings (SSSR count). The van der Waals surface area contributed by atoms with Crippen LogP contribution >= 0.6 is 0 Å². The third-order valence-corrected chi connectivity index (χ3v) is 6.45. The summed E-state index contributed by atoms with van der Waals surface area (Å²) in [5.41, 5.74) is 8.18. The summed E-state index contributed by atoms with van der Waals surface area (Å²) >= 11 is 0. The van der Waals surface area contributed by atoms with E-state index >= 15 is 0 Å². The molecule has 0 aliphatic carbocycles. The monoisotopic (exact) mass is 377 g/mol. The summed E-state index contributed by atoms with van der Waals surface area (Å²) in [6.45, 7) is 5.22. The van der Waals surface area contributed by atoms with Crippen LogP contribution in [-0.2, 0) is 21.0 Å². The fraction of sp³-hybridized carbons (Fsp3) is 0.316. The average molecular weight is 377 g/mol. The first-order valence-electron chi connectivity index (χ1n) is 8.09. The van der Waals surface area contributed by atoms with Crippen LogP contribution in [0.25, 0.3) is 0 Å². The molecule has 0 radical (unpaired) electrons. The standard InChI is InChI=1S/C19H23NO5S/c1-6-15-11(2)17(20)12(3)18(16(15)19(21)25-5)26(22,23)14-9-7-13(24-4)8-10-14/h7-10H,6,20H2,1-5H3. The maximum Gasteiger partial charge on any atom is 0.339 e. The molecule has 0 amide bonds. The van der Waals surface area contributed by atoms with E-state index < -0.39 is 15.8 Å². The second-order valence-electron chi connectivity index (χ2n) is 5.87. The van der Waals surface area contributed by atoms with Crippen LogP contribution < -0.4 is 10.5 Å². The van der Waals surface area contributed by atoms with Crippen molar-refractivity contribution in [3.8, 4) is 5.75 Å². The van der Waals surface area contributed by atoms with E-state index in [1.807, 2.05) is 6.92 Å². The third kappa shape index (κ3) is 3.14. The summed E-state index contributed by atoms with van der Waals surface area (Å²) in [5.74, 6) is -0.160. The number of hydrogen-bond donors (Lipinski definition) is 1. The van der Waals surface area contributed by atoms with Crippen molar-refractivity contribution >= 4 is 21.5 Å².